The van der Waals surface area contributed by atoms with Gasteiger partial charge < -0.3 is 5.32 Å². The summed E-state index contributed by atoms with van der Waals surface area (Å²) in [4.78, 5) is 12.2. The maximum Gasteiger partial charge on any atom is 0.253 e. The van der Waals surface area contributed by atoms with Crippen molar-refractivity contribution in [1.82, 2.24) is 5.32 Å². The lowest BCUT2D eigenvalue weighted by Gasteiger charge is -2.16. The third-order valence-corrected chi connectivity index (χ3v) is 4.48. The van der Waals surface area contributed by atoms with Crippen LogP contribution in [0.2, 0.25) is 0 Å². The summed E-state index contributed by atoms with van der Waals surface area (Å²) in [6, 6.07) is 8.49. The summed E-state index contributed by atoms with van der Waals surface area (Å²) in [5.41, 5.74) is 0.374. The second-order valence-electron chi connectivity index (χ2n) is 5.14. The van der Waals surface area contributed by atoms with Crippen LogP contribution in [-0.4, -0.2) is 20.6 Å². The lowest BCUT2D eigenvalue weighted by molar-refractivity contribution is 0.0936. The lowest BCUT2D eigenvalue weighted by Crippen LogP contribution is -2.28. The molecule has 0 saturated heterocycles. The van der Waals surface area contributed by atoms with Crippen LogP contribution < -0.4 is 5.32 Å². The van der Waals surface area contributed by atoms with Crippen LogP contribution >= 0.6 is 0 Å². The van der Waals surface area contributed by atoms with Crippen molar-refractivity contribution in [1.29, 1.82) is 0 Å². The van der Waals surface area contributed by atoms with E-state index in [1.54, 1.807) is 13.0 Å². The first kappa shape index (κ1) is 17.1. The van der Waals surface area contributed by atoms with Crippen molar-refractivity contribution in [3.63, 3.8) is 0 Å². The highest BCUT2D eigenvalue weighted by molar-refractivity contribution is 7.90. The number of amides is 1. The van der Waals surface area contributed by atoms with Gasteiger partial charge in [-0.2, -0.15) is 0 Å². The zero-order chi connectivity index (χ0) is 17.2. The van der Waals surface area contributed by atoms with E-state index in [-0.39, 0.29) is 10.5 Å². The molecule has 23 heavy (non-hydrogen) atoms. The van der Waals surface area contributed by atoms with Crippen LogP contribution in [0.4, 0.5) is 8.78 Å². The molecule has 0 aromatic heterocycles. The molecule has 0 heterocycles. The molecule has 0 saturated carbocycles. The summed E-state index contributed by atoms with van der Waals surface area (Å²) in [6.07, 6.45) is 1.01. The molecule has 4 nitrogen and oxygen atoms in total. The Balaban J connectivity index is 2.27. The highest BCUT2D eigenvalue weighted by atomic mass is 32.2. The van der Waals surface area contributed by atoms with Gasteiger partial charge in [0.2, 0.25) is 0 Å². The summed E-state index contributed by atoms with van der Waals surface area (Å²) >= 11 is 0. The predicted molar refractivity (Wildman–Crippen MR) is 81.8 cm³/mol. The Morgan fingerprint density at radius 3 is 2.35 bits per heavy atom. The molecule has 2 rings (SSSR count). The van der Waals surface area contributed by atoms with Crippen LogP contribution in [0.15, 0.2) is 47.4 Å². The summed E-state index contributed by atoms with van der Waals surface area (Å²) in [7, 11) is -3.56. The van der Waals surface area contributed by atoms with Gasteiger partial charge in [0, 0.05) is 6.26 Å². The van der Waals surface area contributed by atoms with Gasteiger partial charge >= 0.3 is 0 Å². The summed E-state index contributed by atoms with van der Waals surface area (Å²) in [6.45, 7) is 1.59. The first-order valence-electron chi connectivity index (χ1n) is 6.75. The van der Waals surface area contributed by atoms with Crippen molar-refractivity contribution in [2.45, 2.75) is 17.9 Å². The van der Waals surface area contributed by atoms with E-state index in [2.05, 4.69) is 5.32 Å². The van der Waals surface area contributed by atoms with E-state index in [4.69, 9.17) is 0 Å². The number of sulfone groups is 1. The molecule has 2 aromatic rings. The molecule has 0 spiro atoms. The minimum Gasteiger partial charge on any atom is -0.345 e. The third-order valence-electron chi connectivity index (χ3n) is 3.32. The molecule has 7 heteroatoms. The first-order valence-corrected chi connectivity index (χ1v) is 8.64. The van der Waals surface area contributed by atoms with Crippen LogP contribution in [-0.2, 0) is 9.84 Å². The Kier molecular flexibility index (Phi) is 4.79. The topological polar surface area (TPSA) is 63.2 Å². The fourth-order valence-electron chi connectivity index (χ4n) is 2.12. The van der Waals surface area contributed by atoms with Crippen molar-refractivity contribution >= 4 is 15.7 Å². The van der Waals surface area contributed by atoms with Crippen molar-refractivity contribution in [2.24, 2.45) is 0 Å². The minimum absolute atomic E-state index is 0.00411. The maximum atomic E-state index is 13.3. The molecular formula is C16H15F2NO3S. The molecule has 0 aliphatic rings. The van der Waals surface area contributed by atoms with Crippen LogP contribution in [0.3, 0.4) is 0 Å². The van der Waals surface area contributed by atoms with E-state index in [9.17, 15) is 22.0 Å². The maximum absolute atomic E-state index is 13.3. The average molecular weight is 339 g/mol. The fraction of sp³-hybridized carbons (Fsp3) is 0.188. The molecule has 0 fully saturated rings. The van der Waals surface area contributed by atoms with Gasteiger partial charge in [0.1, 0.15) is 0 Å². The minimum atomic E-state index is -3.56. The van der Waals surface area contributed by atoms with E-state index < -0.39 is 33.4 Å². The van der Waals surface area contributed by atoms with Crippen LogP contribution in [0.25, 0.3) is 0 Å². The average Bonchev–Trinajstić information content (AvgIpc) is 2.49. The molecule has 1 atom stereocenters. The number of rotatable bonds is 4. The number of hydrogen-bond donors (Lipinski definition) is 1. The zero-order valence-electron chi connectivity index (χ0n) is 12.5. The van der Waals surface area contributed by atoms with Gasteiger partial charge in [-0.25, -0.2) is 17.2 Å². The predicted octanol–water partition coefficient (Wildman–Crippen LogP) is 2.86. The standard InChI is InChI=1S/C16H15F2NO3S/c1-10(11-7-8-13(17)14(18)9-11)19-16(20)12-5-3-4-6-15(12)23(2,21)22/h3-10H,1-2H3,(H,19,20). The Morgan fingerprint density at radius 2 is 1.74 bits per heavy atom. The highest BCUT2D eigenvalue weighted by Crippen LogP contribution is 2.19. The normalized spacial score (nSPS) is 12.7. The lowest BCUT2D eigenvalue weighted by atomic mass is 10.1. The quantitative estimate of drug-likeness (QED) is 0.932. The van der Waals surface area contributed by atoms with Crippen LogP contribution in [0.1, 0.15) is 28.9 Å². The number of nitrogens with one attached hydrogen (secondary N) is 1. The number of carbonyl (C=O) groups is 1. The molecule has 122 valence electrons. The van der Waals surface area contributed by atoms with E-state index in [1.807, 2.05) is 0 Å². The van der Waals surface area contributed by atoms with Gasteiger partial charge in [-0.15, -0.1) is 0 Å². The van der Waals surface area contributed by atoms with E-state index in [0.29, 0.717) is 5.56 Å². The summed E-state index contributed by atoms with van der Waals surface area (Å²) in [5.74, 6) is -2.60. The van der Waals surface area contributed by atoms with Crippen molar-refractivity contribution < 1.29 is 22.0 Å². The molecule has 1 unspecified atom stereocenters. The number of carbonyl (C=O) groups excluding carboxylic acids is 1. The third kappa shape index (κ3) is 3.92. The van der Waals surface area contributed by atoms with Crippen LogP contribution in [0, 0.1) is 11.6 Å². The van der Waals surface area contributed by atoms with Gasteiger partial charge in [0.25, 0.3) is 5.91 Å². The monoisotopic (exact) mass is 339 g/mol. The molecule has 2 aromatic carbocycles. The SMILES string of the molecule is CC(NC(=O)c1ccccc1S(C)(=O)=O)c1ccc(F)c(F)c1. The molecule has 0 aliphatic heterocycles. The Bertz CT molecular complexity index is 850. The molecular weight excluding hydrogens is 324 g/mol. The first-order chi connectivity index (χ1) is 10.7. The van der Waals surface area contributed by atoms with Crippen molar-refractivity contribution in [3.8, 4) is 0 Å². The number of benzene rings is 2. The van der Waals surface area contributed by atoms with E-state index in [1.165, 1.54) is 24.3 Å². The van der Waals surface area contributed by atoms with Gasteiger partial charge in [-0.1, -0.05) is 18.2 Å². The molecule has 0 aliphatic carbocycles. The Morgan fingerprint density at radius 1 is 1.09 bits per heavy atom. The number of halogens is 2. The molecule has 0 bridgehead atoms. The zero-order valence-corrected chi connectivity index (χ0v) is 13.3. The molecule has 1 amide bonds. The van der Waals surface area contributed by atoms with Gasteiger partial charge in [-0.05, 0) is 36.8 Å². The molecule has 1 N–H and O–H groups in total. The Labute approximate surface area is 133 Å². The van der Waals surface area contributed by atoms with Crippen LogP contribution in [0.5, 0.6) is 0 Å². The summed E-state index contributed by atoms with van der Waals surface area (Å²) in [5, 5.41) is 2.58. The second-order valence-corrected chi connectivity index (χ2v) is 7.12. The largest absolute Gasteiger partial charge is 0.345 e. The van der Waals surface area contributed by atoms with E-state index >= 15 is 0 Å². The molecule has 0 radical (unpaired) electrons. The summed E-state index contributed by atoms with van der Waals surface area (Å²) < 4.78 is 49.6. The fourth-order valence-corrected chi connectivity index (χ4v) is 3.00. The van der Waals surface area contributed by atoms with Gasteiger partial charge in [0.15, 0.2) is 21.5 Å². The van der Waals surface area contributed by atoms with E-state index in [0.717, 1.165) is 18.4 Å². The highest BCUT2D eigenvalue weighted by Gasteiger charge is 2.20. The number of hydrogen-bond acceptors (Lipinski definition) is 3. The van der Waals surface area contributed by atoms with Crippen molar-refractivity contribution in [3.05, 3.63) is 65.2 Å². The Hall–Kier alpha value is -2.28. The van der Waals surface area contributed by atoms with Crippen molar-refractivity contribution in [2.75, 3.05) is 6.26 Å². The van der Waals surface area contributed by atoms with Gasteiger partial charge in [-0.3, -0.25) is 4.79 Å². The second kappa shape index (κ2) is 6.45. The smallest absolute Gasteiger partial charge is 0.253 e. The van der Waals surface area contributed by atoms with Gasteiger partial charge in [0.05, 0.1) is 16.5 Å².